The third-order valence-corrected chi connectivity index (χ3v) is 2.47. The number of ether oxygens (including phenoxy) is 1. The summed E-state index contributed by atoms with van der Waals surface area (Å²) in [6, 6.07) is -0.838. The van der Waals surface area contributed by atoms with E-state index in [4.69, 9.17) is 16.2 Å². The highest BCUT2D eigenvalue weighted by molar-refractivity contribution is 5.87. The van der Waals surface area contributed by atoms with Gasteiger partial charge in [0.2, 0.25) is 11.8 Å². The van der Waals surface area contributed by atoms with E-state index in [1.807, 2.05) is 13.8 Å². The zero-order valence-corrected chi connectivity index (χ0v) is 9.68. The minimum absolute atomic E-state index is 0.00604. The van der Waals surface area contributed by atoms with Gasteiger partial charge in [0.05, 0.1) is 24.7 Å². The van der Waals surface area contributed by atoms with Crippen molar-refractivity contribution in [3.05, 3.63) is 0 Å². The highest BCUT2D eigenvalue weighted by Crippen LogP contribution is 2.11. The Balaban J connectivity index is 2.55. The quantitative estimate of drug-likeness (QED) is 0.636. The van der Waals surface area contributed by atoms with E-state index in [2.05, 4.69) is 0 Å². The van der Waals surface area contributed by atoms with Crippen molar-refractivity contribution in [2.75, 3.05) is 13.1 Å². The fourth-order valence-corrected chi connectivity index (χ4v) is 1.90. The molecule has 1 aliphatic heterocycles. The van der Waals surface area contributed by atoms with Crippen LogP contribution in [0.25, 0.3) is 0 Å². The molecule has 1 fully saturated rings. The average Bonchev–Trinajstić information content (AvgIpc) is 2.13. The minimum Gasteiger partial charge on any atom is -0.372 e. The van der Waals surface area contributed by atoms with Crippen LogP contribution in [0, 0.1) is 0 Å². The van der Waals surface area contributed by atoms with Crippen LogP contribution in [-0.2, 0) is 14.3 Å². The van der Waals surface area contributed by atoms with Crippen molar-refractivity contribution in [3.8, 4) is 0 Å². The first-order valence-electron chi connectivity index (χ1n) is 5.38. The van der Waals surface area contributed by atoms with Crippen LogP contribution < -0.4 is 11.5 Å². The van der Waals surface area contributed by atoms with Crippen LogP contribution in [0.2, 0.25) is 0 Å². The van der Waals surface area contributed by atoms with Crippen molar-refractivity contribution >= 4 is 11.8 Å². The molecule has 1 aliphatic rings. The summed E-state index contributed by atoms with van der Waals surface area (Å²) in [7, 11) is 0. The first-order valence-corrected chi connectivity index (χ1v) is 5.38. The maximum Gasteiger partial charge on any atom is 0.240 e. The van der Waals surface area contributed by atoms with Crippen LogP contribution in [0.5, 0.6) is 0 Å². The standard InChI is InChI=1S/C10H19N3O3/c1-6-4-13(5-7(2)16-6)10(15)8(11)3-9(12)14/h6-8H,3-5,11H2,1-2H3,(H2,12,14). The van der Waals surface area contributed by atoms with Gasteiger partial charge in [0.25, 0.3) is 0 Å². The van der Waals surface area contributed by atoms with E-state index < -0.39 is 11.9 Å². The van der Waals surface area contributed by atoms with E-state index in [0.29, 0.717) is 13.1 Å². The Hall–Kier alpha value is -1.14. The molecule has 1 rings (SSSR count). The molecule has 0 aliphatic carbocycles. The molecule has 0 bridgehead atoms. The lowest BCUT2D eigenvalue weighted by atomic mass is 10.1. The molecular formula is C10H19N3O3. The molecule has 0 aromatic carbocycles. The van der Waals surface area contributed by atoms with Gasteiger partial charge in [-0.1, -0.05) is 0 Å². The highest BCUT2D eigenvalue weighted by atomic mass is 16.5. The van der Waals surface area contributed by atoms with Gasteiger partial charge < -0.3 is 21.1 Å². The van der Waals surface area contributed by atoms with Crippen molar-refractivity contribution in [2.24, 2.45) is 11.5 Å². The molecular weight excluding hydrogens is 210 g/mol. The summed E-state index contributed by atoms with van der Waals surface area (Å²) in [5, 5.41) is 0. The summed E-state index contributed by atoms with van der Waals surface area (Å²) in [4.78, 5) is 24.2. The number of amides is 2. The van der Waals surface area contributed by atoms with Gasteiger partial charge in [-0.2, -0.15) is 0 Å². The lowest BCUT2D eigenvalue weighted by Gasteiger charge is -2.36. The Labute approximate surface area is 94.9 Å². The molecule has 6 nitrogen and oxygen atoms in total. The Morgan fingerprint density at radius 1 is 1.38 bits per heavy atom. The SMILES string of the molecule is CC1CN(C(=O)C(N)CC(N)=O)CC(C)O1. The number of carbonyl (C=O) groups is 2. The Morgan fingerprint density at radius 2 is 1.88 bits per heavy atom. The van der Waals surface area contributed by atoms with Crippen LogP contribution >= 0.6 is 0 Å². The van der Waals surface area contributed by atoms with Gasteiger partial charge in [0, 0.05) is 13.1 Å². The number of morpholine rings is 1. The van der Waals surface area contributed by atoms with Gasteiger partial charge in [-0.3, -0.25) is 9.59 Å². The van der Waals surface area contributed by atoms with Crippen molar-refractivity contribution in [3.63, 3.8) is 0 Å². The summed E-state index contributed by atoms with van der Waals surface area (Å²) in [5.74, 6) is -0.795. The van der Waals surface area contributed by atoms with E-state index in [-0.39, 0.29) is 24.5 Å². The molecule has 1 saturated heterocycles. The Kier molecular flexibility index (Phi) is 4.26. The number of nitrogens with zero attached hydrogens (tertiary/aromatic N) is 1. The summed E-state index contributed by atoms with van der Waals surface area (Å²) in [5.41, 5.74) is 10.6. The van der Waals surface area contributed by atoms with Crippen molar-refractivity contribution in [1.29, 1.82) is 0 Å². The number of hydrogen-bond acceptors (Lipinski definition) is 4. The van der Waals surface area contributed by atoms with E-state index in [9.17, 15) is 9.59 Å². The average molecular weight is 229 g/mol. The number of nitrogens with two attached hydrogens (primary N) is 2. The van der Waals surface area contributed by atoms with Crippen LogP contribution in [0.3, 0.4) is 0 Å². The third-order valence-electron chi connectivity index (χ3n) is 2.47. The van der Waals surface area contributed by atoms with Crippen molar-refractivity contribution in [1.82, 2.24) is 4.90 Å². The number of rotatable bonds is 3. The summed E-state index contributed by atoms with van der Waals surface area (Å²) in [6.45, 7) is 4.82. The number of hydrogen-bond donors (Lipinski definition) is 2. The molecule has 3 unspecified atom stereocenters. The maximum absolute atomic E-state index is 11.9. The molecule has 1 heterocycles. The smallest absolute Gasteiger partial charge is 0.240 e. The molecule has 0 radical (unpaired) electrons. The monoisotopic (exact) mass is 229 g/mol. The predicted molar refractivity (Wildman–Crippen MR) is 58.4 cm³/mol. The van der Waals surface area contributed by atoms with Gasteiger partial charge in [-0.15, -0.1) is 0 Å². The molecule has 92 valence electrons. The molecule has 16 heavy (non-hydrogen) atoms. The van der Waals surface area contributed by atoms with Crippen LogP contribution in [-0.4, -0.2) is 48.1 Å². The van der Waals surface area contributed by atoms with Gasteiger partial charge in [-0.05, 0) is 13.8 Å². The Bertz CT molecular complexity index is 272. The molecule has 0 aromatic rings. The van der Waals surface area contributed by atoms with E-state index in [0.717, 1.165) is 0 Å². The second kappa shape index (κ2) is 5.27. The summed E-state index contributed by atoms with van der Waals surface area (Å²) < 4.78 is 5.50. The highest BCUT2D eigenvalue weighted by Gasteiger charge is 2.29. The van der Waals surface area contributed by atoms with E-state index in [1.165, 1.54) is 0 Å². The summed E-state index contributed by atoms with van der Waals surface area (Å²) >= 11 is 0. The molecule has 0 saturated carbocycles. The first kappa shape index (κ1) is 12.9. The second-order valence-electron chi connectivity index (χ2n) is 4.28. The normalized spacial score (nSPS) is 27.6. The molecule has 0 spiro atoms. The molecule has 2 amide bonds. The second-order valence-corrected chi connectivity index (χ2v) is 4.28. The molecule has 4 N–H and O–H groups in total. The lowest BCUT2D eigenvalue weighted by Crippen LogP contribution is -2.53. The van der Waals surface area contributed by atoms with Crippen LogP contribution in [0.1, 0.15) is 20.3 Å². The zero-order chi connectivity index (χ0) is 12.3. The van der Waals surface area contributed by atoms with Gasteiger partial charge in [0.15, 0.2) is 0 Å². The third kappa shape index (κ3) is 3.46. The first-order chi connectivity index (χ1) is 7.40. The predicted octanol–water partition coefficient (Wildman–Crippen LogP) is -1.18. The van der Waals surface area contributed by atoms with E-state index >= 15 is 0 Å². The lowest BCUT2D eigenvalue weighted by molar-refractivity contribution is -0.145. The minimum atomic E-state index is -0.838. The number of carbonyl (C=O) groups excluding carboxylic acids is 2. The van der Waals surface area contributed by atoms with E-state index in [1.54, 1.807) is 4.90 Å². The van der Waals surface area contributed by atoms with Crippen LogP contribution in [0.15, 0.2) is 0 Å². The van der Waals surface area contributed by atoms with Gasteiger partial charge in [-0.25, -0.2) is 0 Å². The summed E-state index contributed by atoms with van der Waals surface area (Å²) in [6.07, 6.45) is -0.124. The van der Waals surface area contributed by atoms with Crippen molar-refractivity contribution < 1.29 is 14.3 Å². The number of primary amides is 1. The zero-order valence-electron chi connectivity index (χ0n) is 9.68. The molecule has 6 heteroatoms. The molecule has 0 aromatic heterocycles. The topological polar surface area (TPSA) is 98.6 Å². The van der Waals surface area contributed by atoms with Crippen LogP contribution in [0.4, 0.5) is 0 Å². The fraction of sp³-hybridized carbons (Fsp3) is 0.800. The largest absolute Gasteiger partial charge is 0.372 e. The Morgan fingerprint density at radius 3 is 2.31 bits per heavy atom. The fourth-order valence-electron chi connectivity index (χ4n) is 1.90. The molecule has 3 atom stereocenters. The maximum atomic E-state index is 11.9. The van der Waals surface area contributed by atoms with Gasteiger partial charge >= 0.3 is 0 Å². The van der Waals surface area contributed by atoms with Crippen molar-refractivity contribution in [2.45, 2.75) is 38.5 Å². The van der Waals surface area contributed by atoms with Gasteiger partial charge in [0.1, 0.15) is 0 Å².